The van der Waals surface area contributed by atoms with Gasteiger partial charge in [-0.2, -0.15) is 0 Å². The summed E-state index contributed by atoms with van der Waals surface area (Å²) < 4.78 is 27.2. The molecule has 0 amide bonds. The van der Waals surface area contributed by atoms with E-state index in [9.17, 15) is 4.79 Å². The third-order valence-corrected chi connectivity index (χ3v) is 2.82. The first-order valence-electron chi connectivity index (χ1n) is 3.08. The van der Waals surface area contributed by atoms with Crippen molar-refractivity contribution in [2.45, 2.75) is 19.1 Å². The van der Waals surface area contributed by atoms with Crippen molar-refractivity contribution in [1.29, 1.82) is 0 Å². The van der Waals surface area contributed by atoms with E-state index in [1.54, 1.807) is 6.92 Å². The van der Waals surface area contributed by atoms with Gasteiger partial charge in [-0.15, -0.1) is 0 Å². The maximum absolute atomic E-state index is 9.89. The van der Waals surface area contributed by atoms with Crippen LogP contribution in [0.3, 0.4) is 0 Å². The molecular weight excluding hydrogens is 172 g/mol. The van der Waals surface area contributed by atoms with Gasteiger partial charge >= 0.3 is 0 Å². The molecule has 1 heterocycles. The van der Waals surface area contributed by atoms with Crippen LogP contribution >= 0.6 is 10.9 Å². The monoisotopic (exact) mass is 182 g/mol. The number of carbonyl (C=O) groups excluding carboxylic acids is 1. The number of rotatable bonds is 2. The summed E-state index contributed by atoms with van der Waals surface area (Å²) >= 11 is 0. The molecular formula is C5H10O5S. The van der Waals surface area contributed by atoms with Crippen LogP contribution in [0.25, 0.3) is 0 Å². The predicted octanol–water partition coefficient (Wildman–Crippen LogP) is 0.612. The van der Waals surface area contributed by atoms with E-state index in [1.807, 2.05) is 0 Å². The first-order chi connectivity index (χ1) is 5.05. The van der Waals surface area contributed by atoms with Gasteiger partial charge in [0.25, 0.3) is 6.47 Å². The quantitative estimate of drug-likeness (QED) is 0.612. The number of carbonyl (C=O) groups is 1. The van der Waals surface area contributed by atoms with Gasteiger partial charge in [-0.05, 0) is 6.92 Å². The largest absolute Gasteiger partial charge is 0.461 e. The summed E-state index contributed by atoms with van der Waals surface area (Å²) in [4.78, 5) is 9.89. The van der Waals surface area contributed by atoms with E-state index in [1.165, 1.54) is 0 Å². The highest BCUT2D eigenvalue weighted by atomic mass is 32.3. The summed E-state index contributed by atoms with van der Waals surface area (Å²) in [6.45, 7) is 1.90. The Hall–Kier alpha value is -0.300. The van der Waals surface area contributed by atoms with Gasteiger partial charge < -0.3 is 13.8 Å². The van der Waals surface area contributed by atoms with E-state index in [0.29, 0.717) is 0 Å². The van der Waals surface area contributed by atoms with E-state index in [-0.39, 0.29) is 12.2 Å². The molecule has 6 heteroatoms. The third-order valence-electron chi connectivity index (χ3n) is 1.44. The fourth-order valence-electron chi connectivity index (χ4n) is 0.915. The van der Waals surface area contributed by atoms with Crippen LogP contribution in [-0.2, 0) is 13.7 Å². The molecule has 2 N–H and O–H groups in total. The zero-order valence-corrected chi connectivity index (χ0v) is 6.78. The lowest BCUT2D eigenvalue weighted by molar-refractivity contribution is -0.134. The molecule has 0 aromatic carbocycles. The summed E-state index contributed by atoms with van der Waals surface area (Å²) in [7, 11) is -2.95. The van der Waals surface area contributed by atoms with Crippen LogP contribution in [0.5, 0.6) is 0 Å². The Balaban J connectivity index is 2.51. The smallest absolute Gasteiger partial charge is 0.293 e. The van der Waals surface area contributed by atoms with Crippen molar-refractivity contribution in [3.05, 3.63) is 0 Å². The number of hydrogen-bond acceptors (Lipinski definition) is 5. The molecule has 5 nitrogen and oxygen atoms in total. The SMILES string of the molecule is CC1OS(O)(O)CC1OC=O. The van der Waals surface area contributed by atoms with Gasteiger partial charge in [0.15, 0.2) is 0 Å². The summed E-state index contributed by atoms with van der Waals surface area (Å²) in [5.41, 5.74) is 0. The van der Waals surface area contributed by atoms with Crippen molar-refractivity contribution >= 4 is 17.3 Å². The molecule has 0 aliphatic carbocycles. The van der Waals surface area contributed by atoms with Gasteiger partial charge in [0.1, 0.15) is 12.2 Å². The summed E-state index contributed by atoms with van der Waals surface area (Å²) in [6.07, 6.45) is -0.970. The first-order valence-corrected chi connectivity index (χ1v) is 4.72. The van der Waals surface area contributed by atoms with Gasteiger partial charge in [0, 0.05) is 0 Å². The lowest BCUT2D eigenvalue weighted by atomic mass is 10.3. The highest BCUT2D eigenvalue weighted by molar-refractivity contribution is 8.20. The fourth-order valence-corrected chi connectivity index (χ4v) is 2.38. The Labute approximate surface area is 65.9 Å². The van der Waals surface area contributed by atoms with Gasteiger partial charge in [-0.3, -0.25) is 8.98 Å². The standard InChI is InChI=1S/C5H10O5S/c1-4-5(9-3-6)2-11(7,8)10-4/h3-5,7-8H,2H2,1H3. The van der Waals surface area contributed by atoms with Crippen LogP contribution in [0.1, 0.15) is 6.92 Å². The minimum atomic E-state index is -2.95. The number of hydrogen-bond donors (Lipinski definition) is 2. The number of ether oxygens (including phenoxy) is 1. The van der Waals surface area contributed by atoms with Crippen LogP contribution in [0.2, 0.25) is 0 Å². The summed E-state index contributed by atoms with van der Waals surface area (Å²) in [5.74, 6) is -0.0209. The second-order valence-electron chi connectivity index (χ2n) is 2.35. The minimum Gasteiger partial charge on any atom is -0.461 e. The molecule has 11 heavy (non-hydrogen) atoms. The normalized spacial score (nSPS) is 38.1. The van der Waals surface area contributed by atoms with E-state index >= 15 is 0 Å². The van der Waals surface area contributed by atoms with Crippen LogP contribution in [0, 0.1) is 0 Å². The third kappa shape index (κ3) is 2.06. The Morgan fingerprint density at radius 1 is 1.73 bits per heavy atom. The zero-order valence-electron chi connectivity index (χ0n) is 5.97. The zero-order chi connectivity index (χ0) is 8.48. The fraction of sp³-hybridized carbons (Fsp3) is 0.800. The summed E-state index contributed by atoms with van der Waals surface area (Å²) in [6, 6.07) is 0. The molecule has 1 rings (SSSR count). The van der Waals surface area contributed by atoms with Gasteiger partial charge in [-0.25, -0.2) is 0 Å². The van der Waals surface area contributed by atoms with Crippen LogP contribution in [-0.4, -0.2) is 33.5 Å². The highest BCUT2D eigenvalue weighted by Gasteiger charge is 2.39. The van der Waals surface area contributed by atoms with Gasteiger partial charge in [-0.1, -0.05) is 0 Å². The second kappa shape index (κ2) is 2.98. The molecule has 1 aliphatic rings. The van der Waals surface area contributed by atoms with Gasteiger partial charge in [0.2, 0.25) is 0 Å². The molecule has 0 bridgehead atoms. The maximum atomic E-state index is 9.89. The molecule has 0 spiro atoms. The van der Waals surface area contributed by atoms with Gasteiger partial charge in [0.05, 0.1) is 16.6 Å². The van der Waals surface area contributed by atoms with Crippen molar-refractivity contribution < 1.29 is 22.8 Å². The molecule has 1 saturated heterocycles. The van der Waals surface area contributed by atoms with Crippen molar-refractivity contribution in [2.24, 2.45) is 0 Å². The Kier molecular flexibility index (Phi) is 2.38. The summed E-state index contributed by atoms with van der Waals surface area (Å²) in [5, 5.41) is 0. The van der Waals surface area contributed by atoms with Crippen molar-refractivity contribution in [3.8, 4) is 0 Å². The predicted molar refractivity (Wildman–Crippen MR) is 39.2 cm³/mol. The van der Waals surface area contributed by atoms with E-state index in [2.05, 4.69) is 4.74 Å². The van der Waals surface area contributed by atoms with Crippen LogP contribution in [0.15, 0.2) is 0 Å². The second-order valence-corrected chi connectivity index (χ2v) is 4.08. The first kappa shape index (κ1) is 8.79. The molecule has 0 radical (unpaired) electrons. The average Bonchev–Trinajstić information content (AvgIpc) is 2.07. The lowest BCUT2D eigenvalue weighted by Crippen LogP contribution is -2.23. The van der Waals surface area contributed by atoms with Crippen molar-refractivity contribution in [2.75, 3.05) is 5.75 Å². The minimum absolute atomic E-state index is 0.0209. The Morgan fingerprint density at radius 3 is 2.73 bits per heavy atom. The van der Waals surface area contributed by atoms with Crippen molar-refractivity contribution in [1.82, 2.24) is 0 Å². The molecule has 2 unspecified atom stereocenters. The van der Waals surface area contributed by atoms with Crippen molar-refractivity contribution in [3.63, 3.8) is 0 Å². The molecule has 2 atom stereocenters. The molecule has 1 aliphatic heterocycles. The molecule has 1 fully saturated rings. The van der Waals surface area contributed by atoms with E-state index in [0.717, 1.165) is 0 Å². The van der Waals surface area contributed by atoms with Crippen LogP contribution < -0.4 is 0 Å². The van der Waals surface area contributed by atoms with E-state index in [4.69, 9.17) is 13.3 Å². The molecule has 0 saturated carbocycles. The highest BCUT2D eigenvalue weighted by Crippen LogP contribution is 2.48. The van der Waals surface area contributed by atoms with Crippen LogP contribution in [0.4, 0.5) is 0 Å². The topological polar surface area (TPSA) is 76.0 Å². The average molecular weight is 182 g/mol. The maximum Gasteiger partial charge on any atom is 0.293 e. The molecule has 66 valence electrons. The Morgan fingerprint density at radius 2 is 2.36 bits per heavy atom. The molecule has 0 aromatic heterocycles. The Bertz CT molecular complexity index is 159. The van der Waals surface area contributed by atoms with E-state index < -0.39 is 23.1 Å². The molecule has 0 aromatic rings. The lowest BCUT2D eigenvalue weighted by Gasteiger charge is -2.17.